The second-order valence-corrected chi connectivity index (χ2v) is 6.73. The van der Waals surface area contributed by atoms with Gasteiger partial charge in [0.05, 0.1) is 18.2 Å². The third kappa shape index (κ3) is 3.35. The van der Waals surface area contributed by atoms with Gasteiger partial charge >= 0.3 is 0 Å². The number of hydrogen-bond donors (Lipinski definition) is 2. The van der Waals surface area contributed by atoms with Gasteiger partial charge in [-0.25, -0.2) is 17.9 Å². The van der Waals surface area contributed by atoms with E-state index in [0.717, 1.165) is 12.1 Å². The Kier molecular flexibility index (Phi) is 4.43. The second kappa shape index (κ2) is 5.76. The fourth-order valence-electron chi connectivity index (χ4n) is 1.83. The first-order valence-electron chi connectivity index (χ1n) is 5.69. The zero-order chi connectivity index (χ0) is 14.9. The van der Waals surface area contributed by atoms with Crippen LogP contribution in [0, 0.1) is 5.82 Å². The van der Waals surface area contributed by atoms with Gasteiger partial charge in [0.1, 0.15) is 10.7 Å². The molecule has 1 aliphatic heterocycles. The number of halogens is 2. The number of carbonyl (C=O) groups excluding carboxylic acids is 1. The first-order chi connectivity index (χ1) is 9.29. The molecule has 0 aromatic heterocycles. The molecule has 1 saturated heterocycles. The summed E-state index contributed by atoms with van der Waals surface area (Å²) in [7, 11) is -4.23. The number of hydrogen-bond acceptors (Lipinski definition) is 4. The molecule has 1 fully saturated rings. The van der Waals surface area contributed by atoms with Gasteiger partial charge in [-0.05, 0) is 34.5 Å². The average Bonchev–Trinajstić information content (AvgIpc) is 2.79. The molecule has 9 heteroatoms. The van der Waals surface area contributed by atoms with E-state index in [2.05, 4.69) is 21.2 Å². The predicted molar refractivity (Wildman–Crippen MR) is 72.2 cm³/mol. The fraction of sp³-hybridized carbons (Fsp3) is 0.364. The first-order valence-corrected chi connectivity index (χ1v) is 8.03. The molecule has 0 bridgehead atoms. The Hall–Kier alpha value is -1.03. The maximum Gasteiger partial charge on any atom is 0.252 e. The van der Waals surface area contributed by atoms with Gasteiger partial charge in [0.25, 0.3) is 5.91 Å². The first kappa shape index (κ1) is 15.4. The molecule has 2 rings (SSSR count). The number of nitrogens with two attached hydrogens (primary N) is 1. The number of amides is 1. The van der Waals surface area contributed by atoms with Gasteiger partial charge in [-0.15, -0.1) is 0 Å². The Labute approximate surface area is 123 Å². The molecule has 6 nitrogen and oxygen atoms in total. The predicted octanol–water partition coefficient (Wildman–Crippen LogP) is 0.754. The van der Waals surface area contributed by atoms with Crippen molar-refractivity contribution in [2.24, 2.45) is 5.14 Å². The highest BCUT2D eigenvalue weighted by Crippen LogP contribution is 2.24. The van der Waals surface area contributed by atoms with E-state index in [1.165, 1.54) is 0 Å². The molecule has 1 aliphatic rings. The fourth-order valence-corrected chi connectivity index (χ4v) is 2.94. The summed E-state index contributed by atoms with van der Waals surface area (Å²) >= 11 is 3.03. The van der Waals surface area contributed by atoms with Crippen LogP contribution in [-0.2, 0) is 14.8 Å². The Morgan fingerprint density at radius 1 is 1.50 bits per heavy atom. The molecule has 1 aromatic rings. The zero-order valence-electron chi connectivity index (χ0n) is 10.2. The van der Waals surface area contributed by atoms with Crippen LogP contribution in [-0.4, -0.2) is 33.6 Å². The summed E-state index contributed by atoms with van der Waals surface area (Å²) < 4.78 is 41.3. The average molecular weight is 367 g/mol. The van der Waals surface area contributed by atoms with Crippen LogP contribution < -0.4 is 10.5 Å². The molecule has 20 heavy (non-hydrogen) atoms. The van der Waals surface area contributed by atoms with E-state index < -0.39 is 26.6 Å². The molecule has 1 atom stereocenters. The number of carbonyl (C=O) groups is 1. The van der Waals surface area contributed by atoms with Gasteiger partial charge in [0.2, 0.25) is 10.0 Å². The molecular weight excluding hydrogens is 355 g/mol. The maximum atomic E-state index is 13.6. The van der Waals surface area contributed by atoms with Crippen molar-refractivity contribution in [2.45, 2.75) is 17.4 Å². The minimum atomic E-state index is -4.23. The van der Waals surface area contributed by atoms with E-state index in [-0.39, 0.29) is 16.1 Å². The SMILES string of the molecule is NS(=O)(=O)c1cc(C(=O)NC2CCOC2)c(Br)cc1F. The van der Waals surface area contributed by atoms with Gasteiger partial charge in [-0.1, -0.05) is 0 Å². The van der Waals surface area contributed by atoms with E-state index >= 15 is 0 Å². The highest BCUT2D eigenvalue weighted by atomic mass is 79.9. The van der Waals surface area contributed by atoms with E-state index in [4.69, 9.17) is 9.88 Å². The molecular formula is C11H12BrFN2O4S. The standard InChI is InChI=1S/C11H12BrFN2O4S/c12-8-4-9(13)10(20(14,17)18)3-7(8)11(16)15-6-1-2-19-5-6/h3-4,6H,1-2,5H2,(H,15,16)(H2,14,17,18). The summed E-state index contributed by atoms with van der Waals surface area (Å²) in [5.74, 6) is -1.53. The summed E-state index contributed by atoms with van der Waals surface area (Å²) in [6.45, 7) is 0.949. The molecule has 0 radical (unpaired) electrons. The van der Waals surface area contributed by atoms with Crippen molar-refractivity contribution in [1.82, 2.24) is 5.32 Å². The third-order valence-corrected chi connectivity index (χ3v) is 4.42. The maximum absolute atomic E-state index is 13.6. The van der Waals surface area contributed by atoms with Gasteiger partial charge in [0, 0.05) is 11.1 Å². The number of benzene rings is 1. The van der Waals surface area contributed by atoms with Crippen molar-refractivity contribution in [3.8, 4) is 0 Å². The Morgan fingerprint density at radius 3 is 2.75 bits per heavy atom. The summed E-state index contributed by atoms with van der Waals surface area (Å²) in [4.78, 5) is 11.3. The summed E-state index contributed by atoms with van der Waals surface area (Å²) in [6, 6.07) is 1.68. The van der Waals surface area contributed by atoms with E-state index in [1.807, 2.05) is 0 Å². The Morgan fingerprint density at radius 2 is 2.20 bits per heavy atom. The molecule has 110 valence electrons. The lowest BCUT2D eigenvalue weighted by Crippen LogP contribution is -2.35. The minimum Gasteiger partial charge on any atom is -0.379 e. The van der Waals surface area contributed by atoms with Gasteiger partial charge in [0.15, 0.2) is 0 Å². The van der Waals surface area contributed by atoms with Crippen LogP contribution in [0.2, 0.25) is 0 Å². The smallest absolute Gasteiger partial charge is 0.252 e. The van der Waals surface area contributed by atoms with E-state index in [9.17, 15) is 17.6 Å². The van der Waals surface area contributed by atoms with Crippen LogP contribution in [0.15, 0.2) is 21.5 Å². The molecule has 3 N–H and O–H groups in total. The van der Waals surface area contributed by atoms with Crippen LogP contribution in [0.5, 0.6) is 0 Å². The van der Waals surface area contributed by atoms with Crippen LogP contribution in [0.4, 0.5) is 4.39 Å². The van der Waals surface area contributed by atoms with Crippen molar-refractivity contribution in [2.75, 3.05) is 13.2 Å². The largest absolute Gasteiger partial charge is 0.379 e. The number of sulfonamides is 1. The number of nitrogens with one attached hydrogen (secondary N) is 1. The van der Waals surface area contributed by atoms with E-state index in [0.29, 0.717) is 19.6 Å². The second-order valence-electron chi connectivity index (χ2n) is 4.34. The lowest BCUT2D eigenvalue weighted by atomic mass is 10.2. The summed E-state index contributed by atoms with van der Waals surface area (Å²) in [5, 5.41) is 7.59. The van der Waals surface area contributed by atoms with Crippen LogP contribution in [0.3, 0.4) is 0 Å². The quantitative estimate of drug-likeness (QED) is 0.824. The minimum absolute atomic E-state index is 0.00215. The summed E-state index contributed by atoms with van der Waals surface area (Å²) in [6.07, 6.45) is 0.673. The van der Waals surface area contributed by atoms with Gasteiger partial charge in [-0.3, -0.25) is 4.79 Å². The normalized spacial score (nSPS) is 19.1. The Bertz CT molecular complexity index is 644. The highest BCUT2D eigenvalue weighted by molar-refractivity contribution is 9.10. The van der Waals surface area contributed by atoms with Gasteiger partial charge < -0.3 is 10.1 Å². The van der Waals surface area contributed by atoms with Crippen molar-refractivity contribution >= 4 is 31.9 Å². The van der Waals surface area contributed by atoms with Crippen molar-refractivity contribution in [1.29, 1.82) is 0 Å². The Balaban J connectivity index is 2.33. The lowest BCUT2D eigenvalue weighted by molar-refractivity contribution is 0.0929. The van der Waals surface area contributed by atoms with Crippen molar-refractivity contribution in [3.05, 3.63) is 28.0 Å². The third-order valence-electron chi connectivity index (χ3n) is 2.84. The number of rotatable bonds is 3. The highest BCUT2D eigenvalue weighted by Gasteiger charge is 2.23. The summed E-state index contributed by atoms with van der Waals surface area (Å²) in [5.41, 5.74) is 0.00215. The molecule has 0 saturated carbocycles. The molecule has 1 heterocycles. The molecule has 0 aliphatic carbocycles. The van der Waals surface area contributed by atoms with Gasteiger partial charge in [-0.2, -0.15) is 0 Å². The zero-order valence-corrected chi connectivity index (χ0v) is 12.6. The number of primary sulfonamides is 1. The lowest BCUT2D eigenvalue weighted by Gasteiger charge is -2.12. The van der Waals surface area contributed by atoms with E-state index in [1.54, 1.807) is 0 Å². The molecule has 1 aromatic carbocycles. The van der Waals surface area contributed by atoms with Crippen LogP contribution >= 0.6 is 15.9 Å². The molecule has 1 unspecified atom stereocenters. The van der Waals surface area contributed by atoms with Crippen LogP contribution in [0.1, 0.15) is 16.8 Å². The van der Waals surface area contributed by atoms with Crippen molar-refractivity contribution < 1.29 is 22.3 Å². The molecule has 0 spiro atoms. The molecule has 1 amide bonds. The topological polar surface area (TPSA) is 98.5 Å². The van der Waals surface area contributed by atoms with Crippen LogP contribution in [0.25, 0.3) is 0 Å². The monoisotopic (exact) mass is 366 g/mol. The number of ether oxygens (including phenoxy) is 1. The van der Waals surface area contributed by atoms with Crippen molar-refractivity contribution in [3.63, 3.8) is 0 Å².